The molecule has 0 fully saturated rings. The van der Waals surface area contributed by atoms with Gasteiger partial charge in [0.2, 0.25) is 0 Å². The van der Waals surface area contributed by atoms with Gasteiger partial charge >= 0.3 is 5.97 Å². The fourth-order valence-corrected chi connectivity index (χ4v) is 2.01. The highest BCUT2D eigenvalue weighted by Gasteiger charge is 2.24. The van der Waals surface area contributed by atoms with Gasteiger partial charge < -0.3 is 14.8 Å². The summed E-state index contributed by atoms with van der Waals surface area (Å²) < 4.78 is 36.8. The fourth-order valence-electron chi connectivity index (χ4n) is 2.01. The molecule has 27 heavy (non-hydrogen) atoms. The third-order valence-electron chi connectivity index (χ3n) is 3.48. The van der Waals surface area contributed by atoms with Crippen LogP contribution in [-0.2, 0) is 14.3 Å². The molecular weight excluding hydrogens is 358 g/mol. The first-order valence-electron chi connectivity index (χ1n) is 7.93. The van der Waals surface area contributed by atoms with Crippen molar-refractivity contribution in [1.82, 2.24) is 0 Å². The molecule has 1 amide bonds. The van der Waals surface area contributed by atoms with Gasteiger partial charge in [-0.15, -0.1) is 0 Å². The van der Waals surface area contributed by atoms with Gasteiger partial charge in [-0.25, -0.2) is 13.6 Å². The Balaban J connectivity index is 1.91. The van der Waals surface area contributed by atoms with Gasteiger partial charge in [-0.2, -0.15) is 5.26 Å². The topological polar surface area (TPSA) is 88.4 Å². The molecular formula is C19H16F2N2O4. The Morgan fingerprint density at radius 3 is 2.33 bits per heavy atom. The van der Waals surface area contributed by atoms with Gasteiger partial charge in [0.1, 0.15) is 17.4 Å². The summed E-state index contributed by atoms with van der Waals surface area (Å²) in [5.41, 5.74) is 0.210. The normalized spacial score (nSPS) is 12.4. The minimum absolute atomic E-state index is 0.230. The molecule has 0 aromatic heterocycles. The molecule has 2 atom stereocenters. The van der Waals surface area contributed by atoms with E-state index in [1.54, 1.807) is 0 Å². The molecule has 140 valence electrons. The molecule has 2 aromatic rings. The summed E-state index contributed by atoms with van der Waals surface area (Å²) in [6.07, 6.45) is -2.25. The molecule has 0 saturated carbocycles. The number of esters is 1. The Bertz CT molecular complexity index is 878. The quantitative estimate of drug-likeness (QED) is 0.785. The number of anilines is 1. The number of hydrogen-bond acceptors (Lipinski definition) is 5. The molecule has 0 saturated heterocycles. The van der Waals surface area contributed by atoms with Crippen LogP contribution in [0, 0.1) is 23.0 Å². The lowest BCUT2D eigenvalue weighted by Gasteiger charge is -2.18. The maximum Gasteiger partial charge on any atom is 0.347 e. The number of rotatable bonds is 6. The van der Waals surface area contributed by atoms with Crippen LogP contribution in [0.3, 0.4) is 0 Å². The van der Waals surface area contributed by atoms with Crippen molar-refractivity contribution in [2.75, 3.05) is 5.32 Å². The molecule has 0 aliphatic heterocycles. The molecule has 0 spiro atoms. The smallest absolute Gasteiger partial charge is 0.347 e. The van der Waals surface area contributed by atoms with Crippen LogP contribution in [0.2, 0.25) is 0 Å². The Morgan fingerprint density at radius 2 is 1.74 bits per heavy atom. The average molecular weight is 374 g/mol. The van der Waals surface area contributed by atoms with E-state index in [1.807, 2.05) is 6.07 Å². The Labute approximate surface area is 154 Å². The van der Waals surface area contributed by atoms with Crippen molar-refractivity contribution in [3.05, 3.63) is 59.7 Å². The number of nitrogens with one attached hydrogen (secondary N) is 1. The first-order valence-corrected chi connectivity index (χ1v) is 7.93. The first kappa shape index (κ1) is 19.8. The second-order valence-electron chi connectivity index (χ2n) is 5.59. The molecule has 0 radical (unpaired) electrons. The Hall–Kier alpha value is -3.47. The molecule has 2 aromatic carbocycles. The van der Waals surface area contributed by atoms with E-state index in [4.69, 9.17) is 14.7 Å². The average Bonchev–Trinajstić information content (AvgIpc) is 2.64. The van der Waals surface area contributed by atoms with E-state index in [2.05, 4.69) is 5.32 Å². The Kier molecular flexibility index (Phi) is 6.44. The van der Waals surface area contributed by atoms with Gasteiger partial charge in [0, 0.05) is 6.07 Å². The van der Waals surface area contributed by atoms with Gasteiger partial charge in [0.05, 0.1) is 17.3 Å². The number of ether oxygens (including phenoxy) is 2. The Morgan fingerprint density at radius 1 is 1.07 bits per heavy atom. The van der Waals surface area contributed by atoms with Crippen LogP contribution >= 0.6 is 0 Å². The summed E-state index contributed by atoms with van der Waals surface area (Å²) in [5.74, 6) is -2.96. The molecule has 0 aliphatic carbocycles. The number of carbonyl (C=O) groups is 2. The lowest BCUT2D eigenvalue weighted by Crippen LogP contribution is -2.35. The summed E-state index contributed by atoms with van der Waals surface area (Å²) in [6, 6.07) is 10.7. The molecule has 6 nitrogen and oxygen atoms in total. The SMILES string of the molecule is C[C@H](OC(=O)[C@H](C)Oc1ccc(C#N)cc1)C(=O)Nc1ccc(F)cc1F. The van der Waals surface area contributed by atoms with Crippen molar-refractivity contribution in [3.63, 3.8) is 0 Å². The highest BCUT2D eigenvalue weighted by Crippen LogP contribution is 2.16. The van der Waals surface area contributed by atoms with Crippen molar-refractivity contribution < 1.29 is 27.8 Å². The summed E-state index contributed by atoms with van der Waals surface area (Å²) in [4.78, 5) is 24.1. The van der Waals surface area contributed by atoms with E-state index < -0.39 is 35.7 Å². The van der Waals surface area contributed by atoms with E-state index in [1.165, 1.54) is 38.1 Å². The zero-order chi connectivity index (χ0) is 20.0. The number of halogens is 2. The minimum Gasteiger partial charge on any atom is -0.479 e. The number of nitriles is 1. The van der Waals surface area contributed by atoms with Crippen molar-refractivity contribution >= 4 is 17.6 Å². The van der Waals surface area contributed by atoms with Crippen LogP contribution in [0.15, 0.2) is 42.5 Å². The predicted octanol–water partition coefficient (Wildman–Crippen LogP) is 3.17. The monoisotopic (exact) mass is 374 g/mol. The second kappa shape index (κ2) is 8.76. The summed E-state index contributed by atoms with van der Waals surface area (Å²) in [5, 5.41) is 11.0. The zero-order valence-corrected chi connectivity index (χ0v) is 14.5. The van der Waals surface area contributed by atoms with Gasteiger partial charge in [0.15, 0.2) is 12.2 Å². The van der Waals surface area contributed by atoms with E-state index in [0.717, 1.165) is 12.1 Å². The van der Waals surface area contributed by atoms with E-state index in [0.29, 0.717) is 17.4 Å². The van der Waals surface area contributed by atoms with Gasteiger partial charge in [0.25, 0.3) is 5.91 Å². The molecule has 1 N–H and O–H groups in total. The van der Waals surface area contributed by atoms with Gasteiger partial charge in [-0.05, 0) is 50.2 Å². The summed E-state index contributed by atoms with van der Waals surface area (Å²) in [6.45, 7) is 2.74. The maximum atomic E-state index is 13.6. The summed E-state index contributed by atoms with van der Waals surface area (Å²) >= 11 is 0. The molecule has 0 bridgehead atoms. The van der Waals surface area contributed by atoms with E-state index in [-0.39, 0.29) is 5.69 Å². The van der Waals surface area contributed by atoms with Gasteiger partial charge in [-0.1, -0.05) is 0 Å². The third-order valence-corrected chi connectivity index (χ3v) is 3.48. The lowest BCUT2D eigenvalue weighted by atomic mass is 10.2. The van der Waals surface area contributed by atoms with Crippen molar-refractivity contribution in [3.8, 4) is 11.8 Å². The maximum absolute atomic E-state index is 13.6. The van der Waals surface area contributed by atoms with Crippen LogP contribution in [-0.4, -0.2) is 24.1 Å². The standard InChI is InChI=1S/C19H16F2N2O4/c1-11(18(24)23-17-8-5-14(20)9-16(17)21)27-19(25)12(2)26-15-6-3-13(10-22)4-7-15/h3-9,11-12H,1-2H3,(H,23,24)/t11-,12-/m0/s1. The molecule has 8 heteroatoms. The molecule has 0 aliphatic rings. The van der Waals surface area contributed by atoms with E-state index in [9.17, 15) is 18.4 Å². The van der Waals surface area contributed by atoms with Gasteiger partial charge in [-0.3, -0.25) is 4.79 Å². The van der Waals surface area contributed by atoms with Crippen molar-refractivity contribution in [2.45, 2.75) is 26.1 Å². The number of nitrogens with zero attached hydrogens (tertiary/aromatic N) is 1. The van der Waals surface area contributed by atoms with Crippen molar-refractivity contribution in [1.29, 1.82) is 5.26 Å². The lowest BCUT2D eigenvalue weighted by molar-refractivity contribution is -0.159. The zero-order valence-electron chi connectivity index (χ0n) is 14.5. The molecule has 2 rings (SSSR count). The number of amides is 1. The van der Waals surface area contributed by atoms with Crippen LogP contribution in [0.1, 0.15) is 19.4 Å². The first-order chi connectivity index (χ1) is 12.8. The third kappa shape index (κ3) is 5.51. The van der Waals surface area contributed by atoms with Crippen molar-refractivity contribution in [2.24, 2.45) is 0 Å². The largest absolute Gasteiger partial charge is 0.479 e. The number of hydrogen-bond donors (Lipinski definition) is 1. The highest BCUT2D eigenvalue weighted by atomic mass is 19.1. The van der Waals surface area contributed by atoms with E-state index >= 15 is 0 Å². The minimum atomic E-state index is -1.23. The summed E-state index contributed by atoms with van der Waals surface area (Å²) in [7, 11) is 0. The highest BCUT2D eigenvalue weighted by molar-refractivity contribution is 5.95. The molecule has 0 heterocycles. The number of benzene rings is 2. The van der Waals surface area contributed by atoms with Crippen LogP contribution in [0.25, 0.3) is 0 Å². The number of carbonyl (C=O) groups excluding carboxylic acids is 2. The van der Waals surface area contributed by atoms with Crippen LogP contribution in [0.4, 0.5) is 14.5 Å². The fraction of sp³-hybridized carbons (Fsp3) is 0.211. The van der Waals surface area contributed by atoms with Crippen LogP contribution in [0.5, 0.6) is 5.75 Å². The van der Waals surface area contributed by atoms with Crippen LogP contribution < -0.4 is 10.1 Å². The predicted molar refractivity (Wildman–Crippen MR) is 91.8 cm³/mol. The second-order valence-corrected chi connectivity index (χ2v) is 5.59. The molecule has 0 unspecified atom stereocenters.